The maximum absolute atomic E-state index is 13.9. The van der Waals surface area contributed by atoms with Crippen LogP contribution in [0.1, 0.15) is 11.1 Å². The van der Waals surface area contributed by atoms with Crippen molar-refractivity contribution in [2.45, 2.75) is 0 Å². The first kappa shape index (κ1) is 14.1. The number of rotatable bonds is 3. The standard InChI is InChI=1S/C16H11ClFNO/c1-20-13-6-7-16(18)14(9-13)12(10-19)8-11-4-2-3-5-15(11)17/h2-9H,1H3/b12-8+. The molecule has 2 aromatic carbocycles. The second-order valence-corrected chi connectivity index (χ2v) is 4.44. The third-order valence-corrected chi connectivity index (χ3v) is 3.13. The molecule has 0 heterocycles. The smallest absolute Gasteiger partial charge is 0.132 e. The summed E-state index contributed by atoms with van der Waals surface area (Å²) in [6.07, 6.45) is 1.56. The van der Waals surface area contributed by atoms with Crippen LogP contribution >= 0.6 is 11.6 Å². The molecule has 0 aliphatic heterocycles. The number of hydrogen-bond donors (Lipinski definition) is 0. The molecule has 0 N–H and O–H groups in total. The lowest BCUT2D eigenvalue weighted by atomic mass is 10.0. The summed E-state index contributed by atoms with van der Waals surface area (Å²) in [5, 5.41) is 9.75. The third-order valence-electron chi connectivity index (χ3n) is 2.79. The Morgan fingerprint density at radius 2 is 2.05 bits per heavy atom. The summed E-state index contributed by atoms with van der Waals surface area (Å²) < 4.78 is 18.9. The van der Waals surface area contributed by atoms with Gasteiger partial charge < -0.3 is 4.74 Å². The van der Waals surface area contributed by atoms with Gasteiger partial charge in [-0.15, -0.1) is 0 Å². The van der Waals surface area contributed by atoms with Crippen LogP contribution in [0.4, 0.5) is 4.39 Å². The van der Waals surface area contributed by atoms with Crippen LogP contribution in [-0.4, -0.2) is 7.11 Å². The molecule has 2 nitrogen and oxygen atoms in total. The average molecular weight is 288 g/mol. The Morgan fingerprint density at radius 3 is 2.70 bits per heavy atom. The van der Waals surface area contributed by atoms with Crippen LogP contribution in [0.5, 0.6) is 5.75 Å². The zero-order chi connectivity index (χ0) is 14.5. The zero-order valence-electron chi connectivity index (χ0n) is 10.7. The third kappa shape index (κ3) is 2.98. The maximum atomic E-state index is 13.9. The zero-order valence-corrected chi connectivity index (χ0v) is 11.5. The Kier molecular flexibility index (Phi) is 4.39. The second-order valence-electron chi connectivity index (χ2n) is 4.04. The topological polar surface area (TPSA) is 33.0 Å². The molecule has 2 rings (SSSR count). The van der Waals surface area contributed by atoms with E-state index < -0.39 is 5.82 Å². The van der Waals surface area contributed by atoms with Crippen LogP contribution in [0.25, 0.3) is 11.6 Å². The minimum absolute atomic E-state index is 0.187. The highest BCUT2D eigenvalue weighted by atomic mass is 35.5. The number of hydrogen-bond acceptors (Lipinski definition) is 2. The minimum atomic E-state index is -0.481. The largest absolute Gasteiger partial charge is 0.497 e. The van der Waals surface area contributed by atoms with Gasteiger partial charge in [0.2, 0.25) is 0 Å². The molecule has 0 bridgehead atoms. The first-order valence-corrected chi connectivity index (χ1v) is 6.23. The summed E-state index contributed by atoms with van der Waals surface area (Å²) in [6.45, 7) is 0. The Hall–Kier alpha value is -2.31. The molecule has 2 aromatic rings. The Morgan fingerprint density at radius 1 is 1.30 bits per heavy atom. The van der Waals surface area contributed by atoms with Crippen molar-refractivity contribution in [3.05, 3.63) is 64.4 Å². The van der Waals surface area contributed by atoms with Gasteiger partial charge in [-0.25, -0.2) is 4.39 Å². The van der Waals surface area contributed by atoms with Crippen molar-refractivity contribution in [3.63, 3.8) is 0 Å². The quantitative estimate of drug-likeness (QED) is 0.613. The lowest BCUT2D eigenvalue weighted by Gasteiger charge is -2.06. The fraction of sp³-hybridized carbons (Fsp3) is 0.0625. The number of nitrogens with zero attached hydrogens (tertiary/aromatic N) is 1. The molecular weight excluding hydrogens is 277 g/mol. The van der Waals surface area contributed by atoms with Gasteiger partial charge in [0.15, 0.2) is 0 Å². The van der Waals surface area contributed by atoms with Crippen LogP contribution in [0.2, 0.25) is 5.02 Å². The first-order chi connectivity index (χ1) is 9.65. The minimum Gasteiger partial charge on any atom is -0.497 e. The van der Waals surface area contributed by atoms with Gasteiger partial charge in [-0.2, -0.15) is 5.26 Å². The summed E-state index contributed by atoms with van der Waals surface area (Å²) in [7, 11) is 1.49. The molecule has 0 unspecified atom stereocenters. The number of allylic oxidation sites excluding steroid dienone is 1. The van der Waals surface area contributed by atoms with E-state index in [1.165, 1.54) is 25.3 Å². The van der Waals surface area contributed by atoms with Crippen molar-refractivity contribution in [3.8, 4) is 11.8 Å². The van der Waals surface area contributed by atoms with E-state index >= 15 is 0 Å². The van der Waals surface area contributed by atoms with E-state index in [0.29, 0.717) is 16.3 Å². The molecule has 0 aliphatic rings. The van der Waals surface area contributed by atoms with Crippen LogP contribution in [0, 0.1) is 17.1 Å². The van der Waals surface area contributed by atoms with Crippen LogP contribution in [0.3, 0.4) is 0 Å². The summed E-state index contributed by atoms with van der Waals surface area (Å²) in [5.74, 6) is 0.00682. The van der Waals surface area contributed by atoms with Crippen molar-refractivity contribution >= 4 is 23.3 Å². The van der Waals surface area contributed by atoms with Crippen molar-refractivity contribution in [2.75, 3.05) is 7.11 Å². The van der Waals surface area contributed by atoms with Crippen LogP contribution < -0.4 is 4.74 Å². The van der Waals surface area contributed by atoms with Gasteiger partial charge in [0.1, 0.15) is 11.6 Å². The van der Waals surface area contributed by atoms with Gasteiger partial charge in [-0.05, 0) is 35.9 Å². The molecule has 4 heteroatoms. The second kappa shape index (κ2) is 6.23. The van der Waals surface area contributed by atoms with E-state index in [1.54, 1.807) is 30.3 Å². The normalized spacial score (nSPS) is 11.0. The highest BCUT2D eigenvalue weighted by Gasteiger charge is 2.10. The van der Waals surface area contributed by atoms with E-state index in [9.17, 15) is 9.65 Å². The van der Waals surface area contributed by atoms with Gasteiger partial charge >= 0.3 is 0 Å². The average Bonchev–Trinajstić information content (AvgIpc) is 2.47. The van der Waals surface area contributed by atoms with Gasteiger partial charge in [0, 0.05) is 10.6 Å². The van der Waals surface area contributed by atoms with E-state index in [2.05, 4.69) is 0 Å². The van der Waals surface area contributed by atoms with Crippen molar-refractivity contribution in [2.24, 2.45) is 0 Å². The summed E-state index contributed by atoms with van der Waals surface area (Å²) in [5.41, 5.74) is 1.04. The van der Waals surface area contributed by atoms with Gasteiger partial charge in [-0.3, -0.25) is 0 Å². The molecule has 0 aliphatic carbocycles. The van der Waals surface area contributed by atoms with E-state index in [0.717, 1.165) is 0 Å². The molecule has 0 saturated heterocycles. The molecule has 0 aromatic heterocycles. The lowest BCUT2D eigenvalue weighted by molar-refractivity contribution is 0.413. The molecule has 0 radical (unpaired) electrons. The van der Waals surface area contributed by atoms with E-state index in [-0.39, 0.29) is 11.1 Å². The van der Waals surface area contributed by atoms with Crippen molar-refractivity contribution in [1.82, 2.24) is 0 Å². The number of nitriles is 1. The molecule has 0 amide bonds. The molecule has 20 heavy (non-hydrogen) atoms. The first-order valence-electron chi connectivity index (χ1n) is 5.86. The SMILES string of the molecule is COc1ccc(F)c(/C(C#N)=C/c2ccccc2Cl)c1. The summed E-state index contributed by atoms with van der Waals surface area (Å²) >= 11 is 6.04. The summed E-state index contributed by atoms with van der Waals surface area (Å²) in [6, 6.07) is 13.3. The number of benzene rings is 2. The molecular formula is C16H11ClFNO. The van der Waals surface area contributed by atoms with Crippen LogP contribution in [0.15, 0.2) is 42.5 Å². The van der Waals surface area contributed by atoms with E-state index in [1.807, 2.05) is 6.07 Å². The lowest BCUT2D eigenvalue weighted by Crippen LogP contribution is -1.91. The maximum Gasteiger partial charge on any atom is 0.132 e. The molecule has 0 atom stereocenters. The highest BCUT2D eigenvalue weighted by Crippen LogP contribution is 2.27. The van der Waals surface area contributed by atoms with Crippen LogP contribution in [-0.2, 0) is 0 Å². The van der Waals surface area contributed by atoms with Crippen molar-refractivity contribution < 1.29 is 9.13 Å². The predicted octanol–water partition coefficient (Wildman–Crippen LogP) is 4.55. The Bertz CT molecular complexity index is 704. The fourth-order valence-electron chi connectivity index (χ4n) is 1.76. The van der Waals surface area contributed by atoms with Gasteiger partial charge in [-0.1, -0.05) is 29.8 Å². The number of halogens is 2. The highest BCUT2D eigenvalue weighted by molar-refractivity contribution is 6.32. The molecule has 0 saturated carbocycles. The molecule has 0 fully saturated rings. The summed E-state index contributed by atoms with van der Waals surface area (Å²) in [4.78, 5) is 0. The number of ether oxygens (including phenoxy) is 1. The molecule has 100 valence electrons. The Labute approximate surface area is 121 Å². The number of methoxy groups -OCH3 is 1. The van der Waals surface area contributed by atoms with Gasteiger partial charge in [0.05, 0.1) is 18.8 Å². The predicted molar refractivity (Wildman–Crippen MR) is 77.9 cm³/mol. The Balaban J connectivity index is 2.54. The molecule has 0 spiro atoms. The van der Waals surface area contributed by atoms with Crippen molar-refractivity contribution in [1.29, 1.82) is 5.26 Å². The van der Waals surface area contributed by atoms with E-state index in [4.69, 9.17) is 16.3 Å². The monoisotopic (exact) mass is 287 g/mol. The van der Waals surface area contributed by atoms with Gasteiger partial charge in [0.25, 0.3) is 0 Å². The fourth-order valence-corrected chi connectivity index (χ4v) is 1.95.